The number of hydrogen-bond acceptors (Lipinski definition) is 2. The molecule has 0 aliphatic rings. The molecule has 0 bridgehead atoms. The summed E-state index contributed by atoms with van der Waals surface area (Å²) in [4.78, 5) is 27.9. The number of carbonyl (C=O) groups excluding carboxylic acids is 1. The van der Waals surface area contributed by atoms with Gasteiger partial charge in [0.2, 0.25) is 0 Å². The topological polar surface area (TPSA) is 42.3 Å². The maximum Gasteiger partial charge on any atom is 0.263 e. The standard InChI is InChI=1S/C23H23ClN2O2/c1-2-3-16-26(20-8-5-4-6-9-20)23(28)21-10-7-15-25(22(21)27)17-18-11-13-19(24)14-12-18/h4-15H,2-3,16-17H2,1H3. The molecule has 1 amide bonds. The highest BCUT2D eigenvalue weighted by molar-refractivity contribution is 6.30. The second-order valence-corrected chi connectivity index (χ2v) is 7.06. The number of hydrogen-bond donors (Lipinski definition) is 0. The van der Waals surface area contributed by atoms with E-state index in [9.17, 15) is 9.59 Å². The van der Waals surface area contributed by atoms with Crippen LogP contribution in [0.2, 0.25) is 5.02 Å². The van der Waals surface area contributed by atoms with Crippen LogP contribution in [0.1, 0.15) is 35.7 Å². The highest BCUT2D eigenvalue weighted by atomic mass is 35.5. The fraction of sp³-hybridized carbons (Fsp3) is 0.217. The van der Waals surface area contributed by atoms with Crippen molar-refractivity contribution in [3.63, 3.8) is 0 Å². The van der Waals surface area contributed by atoms with Gasteiger partial charge in [0.15, 0.2) is 0 Å². The van der Waals surface area contributed by atoms with Crippen molar-refractivity contribution in [1.29, 1.82) is 0 Å². The molecule has 0 fully saturated rings. The van der Waals surface area contributed by atoms with Crippen molar-refractivity contribution in [2.24, 2.45) is 0 Å². The summed E-state index contributed by atoms with van der Waals surface area (Å²) in [6.45, 7) is 3.04. The zero-order valence-corrected chi connectivity index (χ0v) is 16.6. The third kappa shape index (κ3) is 4.70. The number of aromatic nitrogens is 1. The van der Waals surface area contributed by atoms with E-state index in [0.717, 1.165) is 24.1 Å². The minimum Gasteiger partial charge on any atom is -0.310 e. The molecule has 4 nitrogen and oxygen atoms in total. The smallest absolute Gasteiger partial charge is 0.263 e. The Morgan fingerprint density at radius 2 is 1.71 bits per heavy atom. The van der Waals surface area contributed by atoms with Crippen LogP contribution >= 0.6 is 11.6 Å². The van der Waals surface area contributed by atoms with E-state index in [4.69, 9.17) is 11.6 Å². The first-order valence-corrected chi connectivity index (χ1v) is 9.78. The normalized spacial score (nSPS) is 10.6. The largest absolute Gasteiger partial charge is 0.310 e. The van der Waals surface area contributed by atoms with E-state index in [1.54, 1.807) is 39.9 Å². The van der Waals surface area contributed by atoms with Crippen molar-refractivity contribution in [3.8, 4) is 0 Å². The summed E-state index contributed by atoms with van der Waals surface area (Å²) < 4.78 is 1.56. The SMILES string of the molecule is CCCCN(C(=O)c1cccn(Cc2ccc(Cl)cc2)c1=O)c1ccccc1. The monoisotopic (exact) mass is 394 g/mol. The maximum absolute atomic E-state index is 13.2. The average Bonchev–Trinajstić information content (AvgIpc) is 2.72. The lowest BCUT2D eigenvalue weighted by Gasteiger charge is -2.23. The first-order chi connectivity index (χ1) is 13.6. The van der Waals surface area contributed by atoms with Gasteiger partial charge in [0.05, 0.1) is 6.54 Å². The Hall–Kier alpha value is -2.85. The van der Waals surface area contributed by atoms with E-state index < -0.39 is 0 Å². The van der Waals surface area contributed by atoms with Crippen LogP contribution in [0.3, 0.4) is 0 Å². The van der Waals surface area contributed by atoms with Crippen molar-refractivity contribution in [2.75, 3.05) is 11.4 Å². The van der Waals surface area contributed by atoms with Crippen LogP contribution in [0.15, 0.2) is 77.7 Å². The maximum atomic E-state index is 13.2. The van der Waals surface area contributed by atoms with E-state index in [1.165, 1.54) is 0 Å². The van der Waals surface area contributed by atoms with E-state index in [-0.39, 0.29) is 17.0 Å². The van der Waals surface area contributed by atoms with Gasteiger partial charge in [0, 0.05) is 23.5 Å². The molecule has 5 heteroatoms. The van der Waals surface area contributed by atoms with Gasteiger partial charge in [-0.1, -0.05) is 55.3 Å². The van der Waals surface area contributed by atoms with Gasteiger partial charge in [0.25, 0.3) is 11.5 Å². The molecular weight excluding hydrogens is 372 g/mol. The van der Waals surface area contributed by atoms with Crippen LogP contribution in [-0.4, -0.2) is 17.0 Å². The molecule has 144 valence electrons. The number of pyridine rings is 1. The fourth-order valence-electron chi connectivity index (χ4n) is 3.03. The molecule has 1 aromatic heterocycles. The Morgan fingerprint density at radius 1 is 1.00 bits per heavy atom. The zero-order chi connectivity index (χ0) is 19.9. The molecule has 0 spiro atoms. The van der Waals surface area contributed by atoms with E-state index in [0.29, 0.717) is 18.1 Å². The van der Waals surface area contributed by atoms with Crippen molar-refractivity contribution >= 4 is 23.2 Å². The van der Waals surface area contributed by atoms with Crippen molar-refractivity contribution in [3.05, 3.63) is 99.4 Å². The number of carbonyl (C=O) groups is 1. The molecule has 1 heterocycles. The Kier molecular flexibility index (Phi) is 6.66. The molecule has 3 rings (SSSR count). The van der Waals surface area contributed by atoms with Crippen molar-refractivity contribution in [1.82, 2.24) is 4.57 Å². The van der Waals surface area contributed by atoms with Crippen LogP contribution in [-0.2, 0) is 6.54 Å². The lowest BCUT2D eigenvalue weighted by molar-refractivity contribution is 0.0984. The van der Waals surface area contributed by atoms with Gasteiger partial charge in [-0.05, 0) is 48.4 Å². The van der Waals surface area contributed by atoms with Crippen molar-refractivity contribution < 1.29 is 4.79 Å². The Bertz CT molecular complexity index is 981. The first-order valence-electron chi connectivity index (χ1n) is 9.41. The quantitative estimate of drug-likeness (QED) is 0.566. The van der Waals surface area contributed by atoms with Crippen LogP contribution < -0.4 is 10.5 Å². The molecule has 0 aliphatic heterocycles. The summed E-state index contributed by atoms with van der Waals surface area (Å²) in [5, 5.41) is 0.648. The zero-order valence-electron chi connectivity index (χ0n) is 15.8. The molecule has 0 unspecified atom stereocenters. The molecule has 3 aromatic rings. The lowest BCUT2D eigenvalue weighted by Crippen LogP contribution is -2.37. The van der Waals surface area contributed by atoms with E-state index in [2.05, 4.69) is 6.92 Å². The molecule has 28 heavy (non-hydrogen) atoms. The Morgan fingerprint density at radius 3 is 2.39 bits per heavy atom. The van der Waals surface area contributed by atoms with Gasteiger partial charge in [-0.25, -0.2) is 0 Å². The second kappa shape index (κ2) is 9.38. The summed E-state index contributed by atoms with van der Waals surface area (Å²) in [7, 11) is 0. The highest BCUT2D eigenvalue weighted by Gasteiger charge is 2.20. The number of anilines is 1. The summed E-state index contributed by atoms with van der Waals surface area (Å²) >= 11 is 5.93. The van der Waals surface area contributed by atoms with Gasteiger partial charge < -0.3 is 9.47 Å². The molecule has 0 N–H and O–H groups in total. The number of para-hydroxylation sites is 1. The van der Waals surface area contributed by atoms with Crippen LogP contribution in [0, 0.1) is 0 Å². The van der Waals surface area contributed by atoms with Crippen LogP contribution in [0.5, 0.6) is 0 Å². The number of amides is 1. The number of rotatable bonds is 7. The average molecular weight is 395 g/mol. The summed E-state index contributed by atoms with van der Waals surface area (Å²) in [6.07, 6.45) is 3.53. The molecule has 0 saturated carbocycles. The Labute approximate surface area is 170 Å². The van der Waals surface area contributed by atoms with Gasteiger partial charge in [0.1, 0.15) is 5.56 Å². The fourth-order valence-corrected chi connectivity index (χ4v) is 3.15. The summed E-state index contributed by atoms with van der Waals surface area (Å²) in [5.74, 6) is -0.268. The van der Waals surface area contributed by atoms with Gasteiger partial charge in [-0.2, -0.15) is 0 Å². The number of nitrogens with zero attached hydrogens (tertiary/aromatic N) is 2. The Balaban J connectivity index is 1.91. The molecule has 0 saturated heterocycles. The molecular formula is C23H23ClN2O2. The van der Waals surface area contributed by atoms with Gasteiger partial charge >= 0.3 is 0 Å². The predicted molar refractivity (Wildman–Crippen MR) is 114 cm³/mol. The second-order valence-electron chi connectivity index (χ2n) is 6.63. The third-order valence-corrected chi connectivity index (χ3v) is 4.82. The summed E-state index contributed by atoms with van der Waals surface area (Å²) in [6, 6.07) is 20.2. The van der Waals surface area contributed by atoms with E-state index in [1.807, 2.05) is 42.5 Å². The third-order valence-electron chi connectivity index (χ3n) is 4.57. The summed E-state index contributed by atoms with van der Waals surface area (Å²) in [5.41, 5.74) is 1.63. The predicted octanol–water partition coefficient (Wildman–Crippen LogP) is 5.00. The first kappa shape index (κ1) is 19.9. The van der Waals surface area contributed by atoms with Crippen molar-refractivity contribution in [2.45, 2.75) is 26.3 Å². The number of benzene rings is 2. The van der Waals surface area contributed by atoms with Gasteiger partial charge in [-0.3, -0.25) is 9.59 Å². The molecule has 2 aromatic carbocycles. The molecule has 0 atom stereocenters. The number of halogens is 1. The van der Waals surface area contributed by atoms with Crippen LogP contribution in [0.4, 0.5) is 5.69 Å². The van der Waals surface area contributed by atoms with E-state index >= 15 is 0 Å². The van der Waals surface area contributed by atoms with Gasteiger partial charge in [-0.15, -0.1) is 0 Å². The number of unbranched alkanes of at least 4 members (excludes halogenated alkanes) is 1. The highest BCUT2D eigenvalue weighted by Crippen LogP contribution is 2.17. The minimum absolute atomic E-state index is 0.177. The van der Waals surface area contributed by atoms with Crippen LogP contribution in [0.25, 0.3) is 0 Å². The minimum atomic E-state index is -0.292. The molecule has 0 radical (unpaired) electrons. The molecule has 0 aliphatic carbocycles. The lowest BCUT2D eigenvalue weighted by atomic mass is 10.1.